The van der Waals surface area contributed by atoms with Crippen molar-refractivity contribution in [3.8, 4) is 0 Å². The molecule has 1 aliphatic rings. The number of aromatic nitrogens is 2. The van der Waals surface area contributed by atoms with Crippen LogP contribution in [-0.2, 0) is 17.3 Å². The summed E-state index contributed by atoms with van der Waals surface area (Å²) in [5.74, 6) is -0.761. The molecule has 0 saturated heterocycles. The van der Waals surface area contributed by atoms with E-state index in [0.717, 1.165) is 23.9 Å². The van der Waals surface area contributed by atoms with Crippen molar-refractivity contribution in [2.24, 2.45) is 7.05 Å². The molecule has 0 unspecified atom stereocenters. The third-order valence-electron chi connectivity index (χ3n) is 4.32. The Kier molecular flexibility index (Phi) is 2.52. The van der Waals surface area contributed by atoms with Gasteiger partial charge in [-0.15, -0.1) is 0 Å². The zero-order valence-electron chi connectivity index (χ0n) is 10.8. The molecule has 1 aromatic heterocycles. The summed E-state index contributed by atoms with van der Waals surface area (Å²) < 4.78 is 1.53. The maximum atomic E-state index is 11.7. The summed E-state index contributed by atoms with van der Waals surface area (Å²) in [6.07, 6.45) is 3.22. The number of benzene rings is 1. The van der Waals surface area contributed by atoms with E-state index >= 15 is 0 Å². The van der Waals surface area contributed by atoms with Crippen LogP contribution in [0, 0.1) is 0 Å². The molecule has 3 rings (SSSR count). The zero-order chi connectivity index (χ0) is 13.6. The van der Waals surface area contributed by atoms with Gasteiger partial charge in [0.25, 0.3) is 0 Å². The van der Waals surface area contributed by atoms with Crippen molar-refractivity contribution in [1.82, 2.24) is 9.55 Å². The Morgan fingerprint density at radius 1 is 1.37 bits per heavy atom. The molecule has 5 nitrogen and oxygen atoms in total. The van der Waals surface area contributed by atoms with Crippen molar-refractivity contribution in [3.05, 3.63) is 34.2 Å². The van der Waals surface area contributed by atoms with Gasteiger partial charge in [0.15, 0.2) is 0 Å². The lowest BCUT2D eigenvalue weighted by Gasteiger charge is -2.24. The average molecular weight is 260 g/mol. The van der Waals surface area contributed by atoms with Gasteiger partial charge >= 0.3 is 11.7 Å². The Labute approximate surface area is 109 Å². The number of hydrogen-bond donors (Lipinski definition) is 2. The number of imidazole rings is 1. The Morgan fingerprint density at radius 3 is 2.68 bits per heavy atom. The van der Waals surface area contributed by atoms with Crippen LogP contribution in [0.3, 0.4) is 0 Å². The molecule has 1 aromatic carbocycles. The van der Waals surface area contributed by atoms with Gasteiger partial charge in [-0.25, -0.2) is 4.79 Å². The first-order valence-electron chi connectivity index (χ1n) is 6.47. The number of aryl methyl sites for hydroxylation is 1. The molecule has 0 spiro atoms. The summed E-state index contributed by atoms with van der Waals surface area (Å²) >= 11 is 0. The number of carboxylic acids is 1. The molecule has 0 radical (unpaired) electrons. The number of nitrogens with one attached hydrogen (secondary N) is 1. The van der Waals surface area contributed by atoms with Crippen molar-refractivity contribution in [2.75, 3.05) is 0 Å². The number of fused-ring (bicyclic) bond motifs is 1. The fraction of sp³-hybridized carbons (Fsp3) is 0.429. The first-order valence-corrected chi connectivity index (χ1v) is 6.47. The van der Waals surface area contributed by atoms with E-state index in [9.17, 15) is 14.7 Å². The van der Waals surface area contributed by atoms with Crippen LogP contribution in [0.25, 0.3) is 11.0 Å². The molecule has 0 bridgehead atoms. The number of aromatic amines is 1. The summed E-state index contributed by atoms with van der Waals surface area (Å²) in [5, 5.41) is 9.57. The number of aliphatic carboxylic acids is 1. The van der Waals surface area contributed by atoms with E-state index in [4.69, 9.17) is 0 Å². The van der Waals surface area contributed by atoms with Crippen molar-refractivity contribution in [3.63, 3.8) is 0 Å². The van der Waals surface area contributed by atoms with Crippen molar-refractivity contribution >= 4 is 17.0 Å². The second-order valence-corrected chi connectivity index (χ2v) is 5.32. The molecule has 2 aromatic rings. The summed E-state index contributed by atoms with van der Waals surface area (Å²) in [6, 6.07) is 5.48. The highest BCUT2D eigenvalue weighted by molar-refractivity contribution is 5.85. The molecule has 2 N–H and O–H groups in total. The van der Waals surface area contributed by atoms with Gasteiger partial charge < -0.3 is 10.1 Å². The number of carboxylic acid groups (broad SMARTS) is 1. The number of H-pyrrole nitrogens is 1. The largest absolute Gasteiger partial charge is 0.481 e. The van der Waals surface area contributed by atoms with Crippen LogP contribution in [0.2, 0.25) is 0 Å². The molecule has 1 aliphatic carbocycles. The number of hydrogen-bond acceptors (Lipinski definition) is 2. The maximum absolute atomic E-state index is 11.7. The minimum absolute atomic E-state index is 0.178. The topological polar surface area (TPSA) is 75.1 Å². The molecule has 5 heteroatoms. The van der Waals surface area contributed by atoms with E-state index in [1.54, 1.807) is 7.05 Å². The molecule has 19 heavy (non-hydrogen) atoms. The first-order chi connectivity index (χ1) is 9.04. The summed E-state index contributed by atoms with van der Waals surface area (Å²) in [5.41, 5.74) is 1.35. The third kappa shape index (κ3) is 1.61. The molecule has 0 amide bonds. The maximum Gasteiger partial charge on any atom is 0.326 e. The molecule has 100 valence electrons. The van der Waals surface area contributed by atoms with Crippen LogP contribution < -0.4 is 5.69 Å². The van der Waals surface area contributed by atoms with E-state index in [2.05, 4.69) is 4.98 Å². The lowest BCUT2D eigenvalue weighted by Crippen LogP contribution is -2.32. The van der Waals surface area contributed by atoms with Crippen LogP contribution in [0.1, 0.15) is 31.2 Å². The first kappa shape index (κ1) is 12.0. The predicted molar refractivity (Wildman–Crippen MR) is 71.3 cm³/mol. The van der Waals surface area contributed by atoms with E-state index in [-0.39, 0.29) is 5.69 Å². The predicted octanol–water partition coefficient (Wildman–Crippen LogP) is 1.76. The Balaban J connectivity index is 2.20. The van der Waals surface area contributed by atoms with Gasteiger partial charge in [0.2, 0.25) is 0 Å². The van der Waals surface area contributed by atoms with E-state index in [1.807, 2.05) is 18.2 Å². The number of rotatable bonds is 2. The lowest BCUT2D eigenvalue weighted by molar-refractivity contribution is -0.143. The summed E-state index contributed by atoms with van der Waals surface area (Å²) in [6.45, 7) is 0. The smallest absolute Gasteiger partial charge is 0.326 e. The fourth-order valence-electron chi connectivity index (χ4n) is 3.14. The normalized spacial score (nSPS) is 17.9. The van der Waals surface area contributed by atoms with Crippen LogP contribution >= 0.6 is 0 Å². The standard InChI is InChI=1S/C14H16N2O3/c1-16-11-5-4-9(8-10(11)15-13(16)19)14(12(17)18)6-2-3-7-14/h4-5,8H,2-3,6-7H2,1H3,(H,15,19)(H,17,18). The second kappa shape index (κ2) is 3.98. The molecule has 1 heterocycles. The highest BCUT2D eigenvalue weighted by Gasteiger charge is 2.43. The van der Waals surface area contributed by atoms with E-state index < -0.39 is 11.4 Å². The fourth-order valence-corrected chi connectivity index (χ4v) is 3.14. The third-order valence-corrected chi connectivity index (χ3v) is 4.32. The monoisotopic (exact) mass is 260 g/mol. The summed E-state index contributed by atoms with van der Waals surface area (Å²) in [7, 11) is 1.70. The van der Waals surface area contributed by atoms with Gasteiger partial charge in [-0.2, -0.15) is 0 Å². The van der Waals surface area contributed by atoms with Gasteiger partial charge in [0.1, 0.15) is 0 Å². The van der Waals surface area contributed by atoms with Crippen molar-refractivity contribution in [2.45, 2.75) is 31.1 Å². The Bertz CT molecular complexity index is 705. The van der Waals surface area contributed by atoms with Gasteiger partial charge in [-0.3, -0.25) is 9.36 Å². The van der Waals surface area contributed by atoms with E-state index in [0.29, 0.717) is 18.4 Å². The van der Waals surface area contributed by atoms with Gasteiger partial charge in [0, 0.05) is 7.05 Å². The molecular formula is C14H16N2O3. The lowest BCUT2D eigenvalue weighted by atomic mass is 9.79. The van der Waals surface area contributed by atoms with Crippen LogP contribution in [-0.4, -0.2) is 20.6 Å². The minimum Gasteiger partial charge on any atom is -0.481 e. The number of carbonyl (C=O) groups is 1. The average Bonchev–Trinajstić information content (AvgIpc) is 2.97. The zero-order valence-corrected chi connectivity index (χ0v) is 10.8. The summed E-state index contributed by atoms with van der Waals surface area (Å²) in [4.78, 5) is 26.0. The molecule has 0 atom stereocenters. The SMILES string of the molecule is Cn1c(=O)[nH]c2cc(C3(C(=O)O)CCCC3)ccc21. The van der Waals surface area contributed by atoms with Crippen LogP contribution in [0.5, 0.6) is 0 Å². The van der Waals surface area contributed by atoms with Gasteiger partial charge in [0.05, 0.1) is 16.4 Å². The highest BCUT2D eigenvalue weighted by Crippen LogP contribution is 2.41. The second-order valence-electron chi connectivity index (χ2n) is 5.32. The van der Waals surface area contributed by atoms with E-state index in [1.165, 1.54) is 4.57 Å². The number of nitrogens with zero attached hydrogens (tertiary/aromatic N) is 1. The molecule has 1 fully saturated rings. The van der Waals surface area contributed by atoms with Gasteiger partial charge in [-0.1, -0.05) is 18.9 Å². The van der Waals surface area contributed by atoms with Crippen molar-refractivity contribution in [1.29, 1.82) is 0 Å². The Hall–Kier alpha value is -2.04. The minimum atomic E-state index is -0.777. The van der Waals surface area contributed by atoms with Gasteiger partial charge in [-0.05, 0) is 30.5 Å². The molecule has 1 saturated carbocycles. The van der Waals surface area contributed by atoms with Crippen LogP contribution in [0.4, 0.5) is 0 Å². The van der Waals surface area contributed by atoms with Crippen LogP contribution in [0.15, 0.2) is 23.0 Å². The quantitative estimate of drug-likeness (QED) is 0.864. The molecular weight excluding hydrogens is 244 g/mol. The Morgan fingerprint density at radius 2 is 2.05 bits per heavy atom. The molecule has 0 aliphatic heterocycles. The highest BCUT2D eigenvalue weighted by atomic mass is 16.4. The van der Waals surface area contributed by atoms with Crippen molar-refractivity contribution < 1.29 is 9.90 Å².